The minimum absolute atomic E-state index is 0.0158. The summed E-state index contributed by atoms with van der Waals surface area (Å²) in [5.41, 5.74) is 0.759. The molecule has 0 aliphatic heterocycles. The lowest BCUT2D eigenvalue weighted by atomic mass is 10.2. The van der Waals surface area contributed by atoms with E-state index in [1.165, 1.54) is 18.2 Å². The van der Waals surface area contributed by atoms with Crippen LogP contribution in [0.3, 0.4) is 0 Å². The number of hydrogen-bond donors (Lipinski definition) is 3. The van der Waals surface area contributed by atoms with Gasteiger partial charge in [-0.15, -0.1) is 0 Å². The van der Waals surface area contributed by atoms with Gasteiger partial charge in [-0.1, -0.05) is 12.1 Å². The number of aromatic hydroxyl groups is 1. The van der Waals surface area contributed by atoms with Crippen LogP contribution in [0.15, 0.2) is 30.3 Å². The Morgan fingerprint density at radius 1 is 1.21 bits per heavy atom. The molecule has 1 aromatic carbocycles. The quantitative estimate of drug-likeness (QED) is 0.297. The molecule has 0 amide bonds. The van der Waals surface area contributed by atoms with Crippen LogP contribution in [-0.2, 0) is 14.4 Å². The number of ether oxygens (including phenoxy) is 1. The van der Waals surface area contributed by atoms with Gasteiger partial charge in [0.1, 0.15) is 5.75 Å². The standard InChI is InChI=1S/C12H15NO6/c14-11-5-2-10(3-6-11)4-7-12(15)18-8-1-9-19-13(16)17/h2-7,14,16-17H,1,8-9H2/b7-4+. The largest absolute Gasteiger partial charge is 0.508 e. The zero-order valence-corrected chi connectivity index (χ0v) is 10.1. The van der Waals surface area contributed by atoms with Crippen molar-refractivity contribution in [3.8, 4) is 5.75 Å². The number of phenolic OH excluding ortho intramolecular Hbond substituents is 1. The van der Waals surface area contributed by atoms with Crippen molar-refractivity contribution in [1.82, 2.24) is 5.39 Å². The molecule has 1 aromatic rings. The van der Waals surface area contributed by atoms with Gasteiger partial charge in [-0.05, 0) is 23.8 Å². The smallest absolute Gasteiger partial charge is 0.330 e. The maximum Gasteiger partial charge on any atom is 0.330 e. The highest BCUT2D eigenvalue weighted by Gasteiger charge is 1.98. The zero-order chi connectivity index (χ0) is 14.1. The molecule has 0 aliphatic rings. The minimum Gasteiger partial charge on any atom is -0.508 e. The highest BCUT2D eigenvalue weighted by atomic mass is 17.1. The molecule has 0 heterocycles. The Hall–Kier alpha value is -1.93. The predicted molar refractivity (Wildman–Crippen MR) is 64.1 cm³/mol. The molecule has 0 saturated heterocycles. The third-order valence-electron chi connectivity index (χ3n) is 2.04. The van der Waals surface area contributed by atoms with Crippen molar-refractivity contribution >= 4 is 12.0 Å². The molecule has 0 atom stereocenters. The van der Waals surface area contributed by atoms with Crippen molar-refractivity contribution in [1.29, 1.82) is 0 Å². The average Bonchev–Trinajstić information content (AvgIpc) is 2.37. The lowest BCUT2D eigenvalue weighted by Gasteiger charge is -2.05. The lowest BCUT2D eigenvalue weighted by molar-refractivity contribution is -0.492. The summed E-state index contributed by atoms with van der Waals surface area (Å²) < 4.78 is 4.83. The van der Waals surface area contributed by atoms with Crippen molar-refractivity contribution in [3.63, 3.8) is 0 Å². The molecule has 1 rings (SSSR count). The molecule has 0 spiro atoms. The molecule has 0 unspecified atom stereocenters. The fourth-order valence-electron chi connectivity index (χ4n) is 1.18. The van der Waals surface area contributed by atoms with Gasteiger partial charge < -0.3 is 9.84 Å². The average molecular weight is 269 g/mol. The van der Waals surface area contributed by atoms with Gasteiger partial charge in [0.15, 0.2) is 0 Å². The fourth-order valence-corrected chi connectivity index (χ4v) is 1.18. The first-order chi connectivity index (χ1) is 9.08. The van der Waals surface area contributed by atoms with Gasteiger partial charge in [-0.2, -0.15) is 0 Å². The molecular formula is C12H15NO6. The van der Waals surface area contributed by atoms with Gasteiger partial charge in [-0.25, -0.2) is 4.79 Å². The van der Waals surface area contributed by atoms with Crippen molar-refractivity contribution in [3.05, 3.63) is 35.9 Å². The molecule has 0 fully saturated rings. The van der Waals surface area contributed by atoms with Gasteiger partial charge in [0, 0.05) is 12.5 Å². The molecular weight excluding hydrogens is 254 g/mol. The van der Waals surface area contributed by atoms with E-state index in [0.29, 0.717) is 6.42 Å². The van der Waals surface area contributed by atoms with Crippen molar-refractivity contribution in [2.75, 3.05) is 13.2 Å². The number of esters is 1. The number of benzene rings is 1. The van der Waals surface area contributed by atoms with Gasteiger partial charge in [0.25, 0.3) is 0 Å². The van der Waals surface area contributed by atoms with E-state index in [9.17, 15) is 4.79 Å². The third kappa shape index (κ3) is 7.17. The van der Waals surface area contributed by atoms with Gasteiger partial charge in [0.05, 0.1) is 18.6 Å². The Bertz CT molecular complexity index is 415. The first-order valence-electron chi connectivity index (χ1n) is 5.52. The van der Waals surface area contributed by atoms with E-state index in [-0.39, 0.29) is 19.0 Å². The van der Waals surface area contributed by atoms with Crippen LogP contribution in [0.2, 0.25) is 0 Å². The normalized spacial score (nSPS) is 11.1. The molecule has 0 bridgehead atoms. The SMILES string of the molecule is O=C(/C=C/c1ccc(O)cc1)OCCCON(O)O. The Kier molecular flexibility index (Phi) is 6.55. The van der Waals surface area contributed by atoms with Crippen LogP contribution in [0, 0.1) is 0 Å². The lowest BCUT2D eigenvalue weighted by Crippen LogP contribution is -2.16. The molecule has 3 N–H and O–H groups in total. The minimum atomic E-state index is -0.516. The fraction of sp³-hybridized carbons (Fsp3) is 0.250. The van der Waals surface area contributed by atoms with Crippen LogP contribution in [0.1, 0.15) is 12.0 Å². The summed E-state index contributed by atoms with van der Waals surface area (Å²) in [6.07, 6.45) is 3.15. The molecule has 19 heavy (non-hydrogen) atoms. The number of nitrogens with zero attached hydrogens (tertiary/aromatic N) is 1. The Labute approximate surface area is 109 Å². The van der Waals surface area contributed by atoms with E-state index >= 15 is 0 Å². The van der Waals surface area contributed by atoms with E-state index in [1.807, 2.05) is 0 Å². The summed E-state index contributed by atoms with van der Waals surface area (Å²) in [5.74, 6) is -0.362. The number of carbonyl (C=O) groups is 1. The van der Waals surface area contributed by atoms with E-state index in [1.54, 1.807) is 18.2 Å². The highest BCUT2D eigenvalue weighted by molar-refractivity contribution is 5.87. The predicted octanol–water partition coefficient (Wildman–Crippen LogP) is 1.35. The van der Waals surface area contributed by atoms with E-state index in [4.69, 9.17) is 20.3 Å². The molecule has 0 aliphatic carbocycles. The second kappa shape index (κ2) is 8.22. The second-order valence-electron chi connectivity index (χ2n) is 3.53. The van der Waals surface area contributed by atoms with Gasteiger partial charge in [-0.3, -0.25) is 15.3 Å². The van der Waals surface area contributed by atoms with Crippen molar-refractivity contribution in [2.45, 2.75) is 6.42 Å². The van der Waals surface area contributed by atoms with E-state index in [0.717, 1.165) is 5.56 Å². The first kappa shape index (κ1) is 15.1. The van der Waals surface area contributed by atoms with E-state index < -0.39 is 11.4 Å². The summed E-state index contributed by atoms with van der Waals surface area (Å²) in [4.78, 5) is 15.5. The van der Waals surface area contributed by atoms with Gasteiger partial charge >= 0.3 is 5.97 Å². The van der Waals surface area contributed by atoms with Crippen LogP contribution in [-0.4, -0.2) is 40.1 Å². The van der Waals surface area contributed by atoms with Crippen LogP contribution in [0.5, 0.6) is 5.75 Å². The number of rotatable bonds is 7. The highest BCUT2D eigenvalue weighted by Crippen LogP contribution is 2.10. The summed E-state index contributed by atoms with van der Waals surface area (Å²) in [6, 6.07) is 6.34. The third-order valence-corrected chi connectivity index (χ3v) is 2.04. The van der Waals surface area contributed by atoms with Crippen molar-refractivity contribution in [2.24, 2.45) is 0 Å². The van der Waals surface area contributed by atoms with Gasteiger partial charge in [0.2, 0.25) is 0 Å². The number of hydrogen-bond acceptors (Lipinski definition) is 7. The van der Waals surface area contributed by atoms with Crippen LogP contribution in [0.25, 0.3) is 6.08 Å². The van der Waals surface area contributed by atoms with Crippen LogP contribution >= 0.6 is 0 Å². The second-order valence-corrected chi connectivity index (χ2v) is 3.53. The van der Waals surface area contributed by atoms with Crippen molar-refractivity contribution < 1.29 is 29.9 Å². The molecule has 0 saturated carbocycles. The number of carbonyl (C=O) groups excluding carboxylic acids is 1. The zero-order valence-electron chi connectivity index (χ0n) is 10.1. The maximum absolute atomic E-state index is 11.3. The summed E-state index contributed by atoms with van der Waals surface area (Å²) >= 11 is 0. The summed E-state index contributed by atoms with van der Waals surface area (Å²) in [7, 11) is 0. The topological polar surface area (TPSA) is 99.5 Å². The Morgan fingerprint density at radius 3 is 2.53 bits per heavy atom. The molecule has 0 aromatic heterocycles. The monoisotopic (exact) mass is 269 g/mol. The Morgan fingerprint density at radius 2 is 1.89 bits per heavy atom. The molecule has 0 radical (unpaired) electrons. The van der Waals surface area contributed by atoms with Crippen LogP contribution < -0.4 is 0 Å². The molecule has 7 heteroatoms. The molecule has 104 valence electrons. The first-order valence-corrected chi connectivity index (χ1v) is 5.52. The summed E-state index contributed by atoms with van der Waals surface area (Å²) in [5, 5.41) is 25.1. The van der Waals surface area contributed by atoms with E-state index in [2.05, 4.69) is 4.84 Å². The number of phenols is 1. The molecule has 7 nitrogen and oxygen atoms in total. The van der Waals surface area contributed by atoms with Crippen LogP contribution in [0.4, 0.5) is 0 Å². The maximum atomic E-state index is 11.3. The summed E-state index contributed by atoms with van der Waals surface area (Å²) in [6.45, 7) is 0.120. The Balaban J connectivity index is 2.22.